The van der Waals surface area contributed by atoms with Crippen LogP contribution in [0.4, 0.5) is 8.78 Å². The maximum atomic E-state index is 14.0. The van der Waals surface area contributed by atoms with E-state index in [0.29, 0.717) is 24.0 Å². The molecule has 5 heteroatoms. The molecule has 0 saturated heterocycles. The third-order valence-corrected chi connectivity index (χ3v) is 5.21. The summed E-state index contributed by atoms with van der Waals surface area (Å²) >= 11 is 0. The second kappa shape index (κ2) is 5.93. The number of hydrogen-bond donors (Lipinski definition) is 0. The molecule has 112 valence electrons. The van der Waals surface area contributed by atoms with E-state index in [1.165, 1.54) is 36.4 Å². The van der Waals surface area contributed by atoms with Gasteiger partial charge >= 0.3 is 0 Å². The summed E-state index contributed by atoms with van der Waals surface area (Å²) in [6.07, 6.45) is 1.19. The Kier molecular flexibility index (Phi) is 4.42. The molecule has 0 aliphatic rings. The summed E-state index contributed by atoms with van der Waals surface area (Å²) in [7, 11) is -4.20. The number of aryl methyl sites for hydroxylation is 2. The second-order valence-electron chi connectivity index (χ2n) is 4.74. The molecular formula is C16H16F2O2S. The predicted molar refractivity (Wildman–Crippen MR) is 77.0 cm³/mol. The van der Waals surface area contributed by atoms with Crippen LogP contribution in [-0.2, 0) is 22.7 Å². The van der Waals surface area contributed by atoms with Gasteiger partial charge in [-0.05, 0) is 48.2 Å². The molecule has 0 aliphatic carbocycles. The molecule has 0 atom stereocenters. The largest absolute Gasteiger partial charge is 0.218 e. The zero-order chi connectivity index (χ0) is 15.6. The SMILES string of the molecule is CCc1ccc(S(=O)(=O)c2ccc(CC)cc2F)c(F)c1. The van der Waals surface area contributed by atoms with Gasteiger partial charge in [-0.3, -0.25) is 0 Å². The highest BCUT2D eigenvalue weighted by Gasteiger charge is 2.25. The average Bonchev–Trinajstić information content (AvgIpc) is 2.46. The standard InChI is InChI=1S/C16H16F2O2S/c1-3-11-5-7-15(13(17)9-11)21(19,20)16-8-6-12(4-2)10-14(16)18/h5-10H,3-4H2,1-2H3. The third-order valence-electron chi connectivity index (χ3n) is 3.39. The van der Waals surface area contributed by atoms with Gasteiger partial charge in [0.15, 0.2) is 0 Å². The van der Waals surface area contributed by atoms with Gasteiger partial charge in [-0.25, -0.2) is 17.2 Å². The maximum Gasteiger partial charge on any atom is 0.212 e. The summed E-state index contributed by atoms with van der Waals surface area (Å²) in [5.74, 6) is -1.71. The minimum atomic E-state index is -4.20. The Morgan fingerprint density at radius 1 is 0.810 bits per heavy atom. The maximum absolute atomic E-state index is 14.0. The van der Waals surface area contributed by atoms with Crippen LogP contribution in [0, 0.1) is 11.6 Å². The van der Waals surface area contributed by atoms with Gasteiger partial charge in [0.25, 0.3) is 0 Å². The van der Waals surface area contributed by atoms with Crippen LogP contribution >= 0.6 is 0 Å². The molecule has 0 saturated carbocycles. The lowest BCUT2D eigenvalue weighted by atomic mass is 10.2. The molecule has 21 heavy (non-hydrogen) atoms. The third kappa shape index (κ3) is 2.97. The molecular weight excluding hydrogens is 294 g/mol. The summed E-state index contributed by atoms with van der Waals surface area (Å²) in [6.45, 7) is 3.68. The molecule has 2 rings (SSSR count). The van der Waals surface area contributed by atoms with Gasteiger partial charge < -0.3 is 0 Å². The average molecular weight is 310 g/mol. The van der Waals surface area contributed by atoms with Crippen molar-refractivity contribution < 1.29 is 17.2 Å². The van der Waals surface area contributed by atoms with E-state index in [1.807, 2.05) is 13.8 Å². The van der Waals surface area contributed by atoms with Gasteiger partial charge in [0, 0.05) is 0 Å². The van der Waals surface area contributed by atoms with Crippen molar-refractivity contribution in [1.82, 2.24) is 0 Å². The van der Waals surface area contributed by atoms with Gasteiger partial charge in [-0.2, -0.15) is 0 Å². The minimum Gasteiger partial charge on any atom is -0.218 e. The first-order chi connectivity index (χ1) is 9.90. The number of halogens is 2. The van der Waals surface area contributed by atoms with Crippen LogP contribution in [0.1, 0.15) is 25.0 Å². The van der Waals surface area contributed by atoms with Crippen LogP contribution in [0.15, 0.2) is 46.2 Å². The van der Waals surface area contributed by atoms with Crippen molar-refractivity contribution in [1.29, 1.82) is 0 Å². The zero-order valence-electron chi connectivity index (χ0n) is 11.9. The van der Waals surface area contributed by atoms with Crippen LogP contribution in [0.25, 0.3) is 0 Å². The summed E-state index contributed by atoms with van der Waals surface area (Å²) < 4.78 is 52.8. The van der Waals surface area contributed by atoms with Gasteiger partial charge in [0.2, 0.25) is 9.84 Å². The fourth-order valence-electron chi connectivity index (χ4n) is 2.08. The highest BCUT2D eigenvalue weighted by atomic mass is 32.2. The molecule has 0 radical (unpaired) electrons. The molecule has 0 amide bonds. The summed E-state index contributed by atoms with van der Waals surface area (Å²) in [5, 5.41) is 0. The van der Waals surface area contributed by atoms with Crippen LogP contribution in [0.2, 0.25) is 0 Å². The van der Waals surface area contributed by atoms with E-state index in [-0.39, 0.29) is 0 Å². The van der Waals surface area contributed by atoms with Crippen molar-refractivity contribution in [2.24, 2.45) is 0 Å². The minimum absolute atomic E-state index is 0.497. The number of benzene rings is 2. The van der Waals surface area contributed by atoms with E-state index in [4.69, 9.17) is 0 Å². The Balaban J connectivity index is 2.57. The van der Waals surface area contributed by atoms with E-state index < -0.39 is 31.3 Å². The lowest BCUT2D eigenvalue weighted by Crippen LogP contribution is -2.08. The van der Waals surface area contributed by atoms with Gasteiger partial charge in [-0.1, -0.05) is 26.0 Å². The molecule has 2 nitrogen and oxygen atoms in total. The fourth-order valence-corrected chi connectivity index (χ4v) is 3.45. The van der Waals surface area contributed by atoms with Gasteiger partial charge in [0.1, 0.15) is 21.4 Å². The molecule has 0 N–H and O–H groups in total. The highest BCUT2D eigenvalue weighted by molar-refractivity contribution is 7.91. The van der Waals surface area contributed by atoms with Crippen molar-refractivity contribution >= 4 is 9.84 Å². The number of sulfone groups is 1. The van der Waals surface area contributed by atoms with E-state index in [1.54, 1.807) is 0 Å². The first kappa shape index (κ1) is 15.6. The summed E-state index contributed by atoms with van der Waals surface area (Å²) in [4.78, 5) is -0.995. The summed E-state index contributed by atoms with van der Waals surface area (Å²) in [6, 6.07) is 7.80. The van der Waals surface area contributed by atoms with Crippen molar-refractivity contribution in [2.45, 2.75) is 36.5 Å². The van der Waals surface area contributed by atoms with Crippen molar-refractivity contribution in [2.75, 3.05) is 0 Å². The number of hydrogen-bond acceptors (Lipinski definition) is 2. The van der Waals surface area contributed by atoms with Crippen molar-refractivity contribution in [3.05, 3.63) is 59.2 Å². The Labute approximate surface area is 123 Å². The molecule has 0 bridgehead atoms. The Morgan fingerprint density at radius 3 is 1.48 bits per heavy atom. The highest BCUT2D eigenvalue weighted by Crippen LogP contribution is 2.27. The van der Waals surface area contributed by atoms with Crippen LogP contribution in [-0.4, -0.2) is 8.42 Å². The van der Waals surface area contributed by atoms with Crippen LogP contribution in [0.3, 0.4) is 0 Å². The fraction of sp³-hybridized carbons (Fsp3) is 0.250. The van der Waals surface area contributed by atoms with Gasteiger partial charge in [0.05, 0.1) is 0 Å². The van der Waals surface area contributed by atoms with E-state index in [0.717, 1.165) is 0 Å². The smallest absolute Gasteiger partial charge is 0.212 e. The topological polar surface area (TPSA) is 34.1 Å². The first-order valence-electron chi connectivity index (χ1n) is 6.72. The first-order valence-corrected chi connectivity index (χ1v) is 8.20. The molecule has 0 heterocycles. The summed E-state index contributed by atoms with van der Waals surface area (Å²) in [5.41, 5.74) is 1.38. The molecule has 0 aromatic heterocycles. The second-order valence-corrected chi connectivity index (χ2v) is 6.63. The van der Waals surface area contributed by atoms with Crippen LogP contribution < -0.4 is 0 Å². The molecule has 0 fully saturated rings. The Morgan fingerprint density at radius 2 is 1.19 bits per heavy atom. The predicted octanol–water partition coefficient (Wildman–Crippen LogP) is 3.92. The monoisotopic (exact) mass is 310 g/mol. The lowest BCUT2D eigenvalue weighted by Gasteiger charge is -2.09. The Hall–Kier alpha value is -1.75. The Bertz CT molecular complexity index is 708. The van der Waals surface area contributed by atoms with Gasteiger partial charge in [-0.15, -0.1) is 0 Å². The normalized spacial score (nSPS) is 11.6. The van der Waals surface area contributed by atoms with Crippen LogP contribution in [0.5, 0.6) is 0 Å². The van der Waals surface area contributed by atoms with E-state index in [9.17, 15) is 17.2 Å². The zero-order valence-corrected chi connectivity index (χ0v) is 12.7. The molecule has 0 aliphatic heterocycles. The van der Waals surface area contributed by atoms with E-state index in [2.05, 4.69) is 0 Å². The van der Waals surface area contributed by atoms with E-state index >= 15 is 0 Å². The quantitative estimate of drug-likeness (QED) is 0.857. The number of rotatable bonds is 4. The van der Waals surface area contributed by atoms with Crippen molar-refractivity contribution in [3.8, 4) is 0 Å². The molecule has 0 unspecified atom stereocenters. The lowest BCUT2D eigenvalue weighted by molar-refractivity contribution is 0.551. The molecule has 0 spiro atoms. The van der Waals surface area contributed by atoms with Crippen molar-refractivity contribution in [3.63, 3.8) is 0 Å². The molecule has 2 aromatic carbocycles. The molecule has 2 aromatic rings.